The van der Waals surface area contributed by atoms with E-state index in [2.05, 4.69) is 0 Å². The van der Waals surface area contributed by atoms with Gasteiger partial charge in [-0.2, -0.15) is 13.2 Å². The van der Waals surface area contributed by atoms with Gasteiger partial charge in [0.25, 0.3) is 0 Å². The van der Waals surface area contributed by atoms with Crippen LogP contribution in [0.5, 0.6) is 0 Å². The second kappa shape index (κ2) is 5.25. The molecule has 1 aliphatic carbocycles. The predicted octanol–water partition coefficient (Wildman–Crippen LogP) is 1.91. The lowest BCUT2D eigenvalue weighted by molar-refractivity contribution is -0.163. The number of rotatable bonds is 5. The van der Waals surface area contributed by atoms with Crippen molar-refractivity contribution < 1.29 is 18.0 Å². The second-order valence-corrected chi connectivity index (χ2v) is 5.05. The lowest BCUT2D eigenvalue weighted by atomic mass is 10.0. The molecule has 0 spiro atoms. The van der Waals surface area contributed by atoms with E-state index in [0.717, 1.165) is 4.90 Å². The number of nitrogens with zero attached hydrogens (tertiary/aromatic N) is 1. The smallest absolute Gasteiger partial charge is 0.329 e. The van der Waals surface area contributed by atoms with E-state index in [1.807, 2.05) is 13.8 Å². The number of hydrogen-bond acceptors (Lipinski definition) is 2. The third kappa shape index (κ3) is 4.93. The molecule has 1 amide bonds. The minimum absolute atomic E-state index is 0.195. The minimum Gasteiger partial charge on any atom is -0.329 e. The fourth-order valence-electron chi connectivity index (χ4n) is 1.79. The van der Waals surface area contributed by atoms with E-state index >= 15 is 0 Å². The van der Waals surface area contributed by atoms with Crippen LogP contribution in [0.1, 0.15) is 33.1 Å². The zero-order valence-electron chi connectivity index (χ0n) is 10.1. The zero-order valence-corrected chi connectivity index (χ0v) is 10.1. The highest BCUT2D eigenvalue weighted by Gasteiger charge is 2.41. The molecule has 1 unspecified atom stereocenters. The van der Waals surface area contributed by atoms with Gasteiger partial charge < -0.3 is 10.6 Å². The molecule has 0 aliphatic heterocycles. The first-order valence-electron chi connectivity index (χ1n) is 5.83. The molecule has 0 heterocycles. The Balaban J connectivity index is 2.60. The highest BCUT2D eigenvalue weighted by Crippen LogP contribution is 2.30. The van der Waals surface area contributed by atoms with Gasteiger partial charge >= 0.3 is 6.18 Å². The molecule has 1 rings (SSSR count). The van der Waals surface area contributed by atoms with E-state index in [9.17, 15) is 18.0 Å². The van der Waals surface area contributed by atoms with Gasteiger partial charge in [-0.3, -0.25) is 4.79 Å². The Bertz CT molecular complexity index is 274. The monoisotopic (exact) mass is 252 g/mol. The van der Waals surface area contributed by atoms with Gasteiger partial charge in [-0.05, 0) is 25.2 Å². The molecule has 1 aliphatic rings. The number of nitrogens with two attached hydrogens (primary N) is 1. The third-order valence-electron chi connectivity index (χ3n) is 2.66. The Morgan fingerprint density at radius 1 is 1.41 bits per heavy atom. The van der Waals surface area contributed by atoms with Crippen molar-refractivity contribution in [3.63, 3.8) is 0 Å². The Hall–Kier alpha value is -0.780. The maximum Gasteiger partial charge on any atom is 0.406 e. The summed E-state index contributed by atoms with van der Waals surface area (Å²) in [6.45, 7) is 2.60. The van der Waals surface area contributed by atoms with Crippen LogP contribution in [0.2, 0.25) is 0 Å². The first-order valence-corrected chi connectivity index (χ1v) is 5.83. The van der Waals surface area contributed by atoms with Gasteiger partial charge in [0.05, 0.1) is 6.04 Å². The van der Waals surface area contributed by atoms with E-state index in [-0.39, 0.29) is 12.0 Å². The van der Waals surface area contributed by atoms with Crippen molar-refractivity contribution in [2.75, 3.05) is 6.54 Å². The maximum absolute atomic E-state index is 12.3. The summed E-state index contributed by atoms with van der Waals surface area (Å²) in [5.74, 6) is -0.376. The summed E-state index contributed by atoms with van der Waals surface area (Å²) in [5, 5.41) is 0. The largest absolute Gasteiger partial charge is 0.406 e. The Morgan fingerprint density at radius 2 is 1.94 bits per heavy atom. The molecule has 0 radical (unpaired) electrons. The molecular formula is C11H19F3N2O. The van der Waals surface area contributed by atoms with Crippen molar-refractivity contribution in [1.82, 2.24) is 4.90 Å². The number of halogens is 3. The van der Waals surface area contributed by atoms with Crippen LogP contribution in [0, 0.1) is 5.92 Å². The molecular weight excluding hydrogens is 233 g/mol. The summed E-state index contributed by atoms with van der Waals surface area (Å²) >= 11 is 0. The standard InChI is InChI=1S/C11H19F3N2O/c1-7(2)5-9(15)10(17)16(8-3-4-8)6-11(12,13)14/h7-9H,3-6,15H2,1-2H3. The van der Waals surface area contributed by atoms with Crippen LogP contribution in [-0.4, -0.2) is 35.6 Å². The number of hydrogen-bond donors (Lipinski definition) is 1. The van der Waals surface area contributed by atoms with Crippen LogP contribution in [0.15, 0.2) is 0 Å². The van der Waals surface area contributed by atoms with Crippen molar-refractivity contribution in [3.05, 3.63) is 0 Å². The Kier molecular flexibility index (Phi) is 4.41. The molecule has 0 saturated heterocycles. The van der Waals surface area contributed by atoms with E-state index in [1.165, 1.54) is 0 Å². The molecule has 17 heavy (non-hydrogen) atoms. The van der Waals surface area contributed by atoms with Crippen molar-refractivity contribution in [2.45, 2.75) is 51.4 Å². The van der Waals surface area contributed by atoms with E-state index in [4.69, 9.17) is 5.73 Å². The molecule has 3 nitrogen and oxygen atoms in total. The number of carbonyl (C=O) groups excluding carboxylic acids is 1. The molecule has 0 aromatic heterocycles. The van der Waals surface area contributed by atoms with E-state index in [0.29, 0.717) is 19.3 Å². The third-order valence-corrected chi connectivity index (χ3v) is 2.66. The maximum atomic E-state index is 12.3. The lowest BCUT2D eigenvalue weighted by Crippen LogP contribution is -2.48. The van der Waals surface area contributed by atoms with Crippen molar-refractivity contribution >= 4 is 5.91 Å². The van der Waals surface area contributed by atoms with E-state index in [1.54, 1.807) is 0 Å². The van der Waals surface area contributed by atoms with Crippen LogP contribution in [-0.2, 0) is 4.79 Å². The van der Waals surface area contributed by atoms with Gasteiger partial charge in [0.1, 0.15) is 6.54 Å². The molecule has 0 aromatic rings. The first kappa shape index (κ1) is 14.3. The lowest BCUT2D eigenvalue weighted by Gasteiger charge is -2.27. The average molecular weight is 252 g/mol. The quantitative estimate of drug-likeness (QED) is 0.812. The molecule has 1 atom stereocenters. The second-order valence-electron chi connectivity index (χ2n) is 5.05. The van der Waals surface area contributed by atoms with Crippen molar-refractivity contribution in [1.29, 1.82) is 0 Å². The summed E-state index contributed by atoms with van der Waals surface area (Å²) in [6, 6.07) is -1.08. The van der Waals surface area contributed by atoms with Crippen molar-refractivity contribution in [3.8, 4) is 0 Å². The van der Waals surface area contributed by atoms with Gasteiger partial charge in [-0.1, -0.05) is 13.8 Å². The SMILES string of the molecule is CC(C)CC(N)C(=O)N(CC(F)(F)F)C1CC1. The molecule has 0 bridgehead atoms. The molecule has 1 fully saturated rings. The molecule has 2 N–H and O–H groups in total. The molecule has 6 heteroatoms. The van der Waals surface area contributed by atoms with E-state index < -0.39 is 24.7 Å². The first-order chi connectivity index (χ1) is 7.70. The van der Waals surface area contributed by atoms with Gasteiger partial charge in [0.15, 0.2) is 0 Å². The van der Waals surface area contributed by atoms with Crippen LogP contribution >= 0.6 is 0 Å². The summed E-state index contributed by atoms with van der Waals surface area (Å²) in [4.78, 5) is 12.7. The summed E-state index contributed by atoms with van der Waals surface area (Å²) in [6.07, 6.45) is -2.64. The predicted molar refractivity (Wildman–Crippen MR) is 58.2 cm³/mol. The van der Waals surface area contributed by atoms with Crippen LogP contribution in [0.3, 0.4) is 0 Å². The van der Waals surface area contributed by atoms with Gasteiger partial charge in [0, 0.05) is 6.04 Å². The fraction of sp³-hybridized carbons (Fsp3) is 0.909. The fourth-order valence-corrected chi connectivity index (χ4v) is 1.79. The number of carbonyl (C=O) groups is 1. The van der Waals surface area contributed by atoms with Crippen LogP contribution in [0.4, 0.5) is 13.2 Å². The molecule has 0 aromatic carbocycles. The summed E-state index contributed by atoms with van der Waals surface area (Å²) in [7, 11) is 0. The van der Waals surface area contributed by atoms with Crippen LogP contribution in [0.25, 0.3) is 0 Å². The average Bonchev–Trinajstić information content (AvgIpc) is 2.93. The highest BCUT2D eigenvalue weighted by atomic mass is 19.4. The molecule has 100 valence electrons. The zero-order chi connectivity index (χ0) is 13.2. The number of alkyl halides is 3. The minimum atomic E-state index is -4.35. The Morgan fingerprint density at radius 3 is 2.29 bits per heavy atom. The van der Waals surface area contributed by atoms with Gasteiger partial charge in [-0.25, -0.2) is 0 Å². The highest BCUT2D eigenvalue weighted by molar-refractivity contribution is 5.82. The number of amides is 1. The van der Waals surface area contributed by atoms with Gasteiger partial charge in [0.2, 0.25) is 5.91 Å². The van der Waals surface area contributed by atoms with Crippen molar-refractivity contribution in [2.24, 2.45) is 11.7 Å². The topological polar surface area (TPSA) is 46.3 Å². The molecule has 1 saturated carbocycles. The van der Waals surface area contributed by atoms with Crippen LogP contribution < -0.4 is 5.73 Å². The summed E-state index contributed by atoms with van der Waals surface area (Å²) in [5.41, 5.74) is 5.64. The van der Waals surface area contributed by atoms with Gasteiger partial charge in [-0.15, -0.1) is 0 Å². The normalized spacial score (nSPS) is 18.3. The summed E-state index contributed by atoms with van der Waals surface area (Å²) < 4.78 is 37.0. The Labute approximate surface area is 99.1 Å².